The summed E-state index contributed by atoms with van der Waals surface area (Å²) in [6.07, 6.45) is 1.57. The van der Waals surface area contributed by atoms with Gasteiger partial charge in [-0.2, -0.15) is 0 Å². The fraction of sp³-hybridized carbons (Fsp3) is 0.158. The lowest BCUT2D eigenvalue weighted by atomic mass is 10.2. The normalized spacial score (nSPS) is 10.0. The molecule has 2 rings (SSSR count). The zero-order valence-corrected chi connectivity index (χ0v) is 16.1. The Kier molecular flexibility index (Phi) is 7.55. The molecule has 0 unspecified atom stereocenters. The molecule has 152 valence electrons. The van der Waals surface area contributed by atoms with Gasteiger partial charge < -0.3 is 19.5 Å². The SMILES string of the molecule is C=CCOc1ccc(C(=O)OCC(=O)Nc2ccc([N+](=O)[O-])cc2Cl)cc1OC. The van der Waals surface area contributed by atoms with Crippen LogP contribution in [0.4, 0.5) is 11.4 Å². The van der Waals surface area contributed by atoms with Gasteiger partial charge in [0.05, 0.1) is 28.3 Å². The maximum atomic E-state index is 12.2. The molecular weight excluding hydrogens is 404 g/mol. The Hall–Kier alpha value is -3.59. The third kappa shape index (κ3) is 5.94. The highest BCUT2D eigenvalue weighted by molar-refractivity contribution is 6.34. The van der Waals surface area contributed by atoms with Gasteiger partial charge in [-0.3, -0.25) is 14.9 Å². The Morgan fingerprint density at radius 3 is 2.62 bits per heavy atom. The number of hydrogen-bond acceptors (Lipinski definition) is 7. The van der Waals surface area contributed by atoms with Crippen LogP contribution in [0.15, 0.2) is 49.1 Å². The van der Waals surface area contributed by atoms with Gasteiger partial charge in [0.2, 0.25) is 0 Å². The van der Waals surface area contributed by atoms with Gasteiger partial charge >= 0.3 is 5.97 Å². The summed E-state index contributed by atoms with van der Waals surface area (Å²) in [5, 5.41) is 13.1. The molecule has 0 atom stereocenters. The molecule has 2 aromatic carbocycles. The van der Waals surface area contributed by atoms with Gasteiger partial charge in [-0.15, -0.1) is 0 Å². The van der Waals surface area contributed by atoms with Crippen molar-refractivity contribution in [3.05, 3.63) is 69.8 Å². The second kappa shape index (κ2) is 10.1. The van der Waals surface area contributed by atoms with Gasteiger partial charge in [0.25, 0.3) is 11.6 Å². The highest BCUT2D eigenvalue weighted by atomic mass is 35.5. The van der Waals surface area contributed by atoms with Crippen LogP contribution in [0.1, 0.15) is 10.4 Å². The Morgan fingerprint density at radius 2 is 2.00 bits per heavy atom. The molecule has 0 fully saturated rings. The summed E-state index contributed by atoms with van der Waals surface area (Å²) in [7, 11) is 1.42. The third-order valence-corrected chi connectivity index (χ3v) is 3.84. The molecule has 0 aliphatic heterocycles. The van der Waals surface area contributed by atoms with E-state index in [-0.39, 0.29) is 28.6 Å². The molecule has 9 nitrogen and oxygen atoms in total. The maximum absolute atomic E-state index is 12.2. The topological polar surface area (TPSA) is 117 Å². The lowest BCUT2D eigenvalue weighted by Gasteiger charge is -2.11. The van der Waals surface area contributed by atoms with Crippen molar-refractivity contribution < 1.29 is 28.7 Å². The van der Waals surface area contributed by atoms with Crippen LogP contribution in [0.25, 0.3) is 0 Å². The summed E-state index contributed by atoms with van der Waals surface area (Å²) in [6, 6.07) is 8.00. The average molecular weight is 421 g/mol. The minimum Gasteiger partial charge on any atom is -0.493 e. The molecule has 0 radical (unpaired) electrons. The Labute approximate surface area is 171 Å². The van der Waals surface area contributed by atoms with Crippen LogP contribution in [0.3, 0.4) is 0 Å². The smallest absolute Gasteiger partial charge is 0.338 e. The zero-order valence-electron chi connectivity index (χ0n) is 15.3. The molecular formula is C19H17ClN2O7. The summed E-state index contributed by atoms with van der Waals surface area (Å²) in [4.78, 5) is 34.2. The lowest BCUT2D eigenvalue weighted by molar-refractivity contribution is -0.384. The molecule has 0 heterocycles. The van der Waals surface area contributed by atoms with Crippen LogP contribution in [0, 0.1) is 10.1 Å². The highest BCUT2D eigenvalue weighted by Crippen LogP contribution is 2.29. The minimum absolute atomic E-state index is 0.0151. The number of halogens is 1. The van der Waals surface area contributed by atoms with Gasteiger partial charge in [0.15, 0.2) is 18.1 Å². The number of nitrogens with zero attached hydrogens (tertiary/aromatic N) is 1. The number of ether oxygens (including phenoxy) is 3. The van der Waals surface area contributed by atoms with Crippen LogP contribution in [0.5, 0.6) is 11.5 Å². The van der Waals surface area contributed by atoms with E-state index in [2.05, 4.69) is 11.9 Å². The molecule has 0 aliphatic rings. The van der Waals surface area contributed by atoms with Gasteiger partial charge in [-0.05, 0) is 24.3 Å². The van der Waals surface area contributed by atoms with Gasteiger partial charge in [-0.25, -0.2) is 4.79 Å². The first-order valence-electron chi connectivity index (χ1n) is 8.18. The number of methoxy groups -OCH3 is 1. The standard InChI is InChI=1S/C19H17ClN2O7/c1-3-8-28-16-7-4-12(9-17(16)27-2)19(24)29-11-18(23)21-15-6-5-13(22(25)26)10-14(15)20/h3-7,9-10H,1,8,11H2,2H3,(H,21,23). The first-order chi connectivity index (χ1) is 13.8. The van der Waals surface area contributed by atoms with E-state index in [1.807, 2.05) is 0 Å². The van der Waals surface area contributed by atoms with E-state index in [9.17, 15) is 19.7 Å². The van der Waals surface area contributed by atoms with Crippen LogP contribution in [0.2, 0.25) is 5.02 Å². The molecule has 1 amide bonds. The number of esters is 1. The van der Waals surface area contributed by atoms with E-state index in [4.69, 9.17) is 25.8 Å². The molecule has 0 spiro atoms. The first kappa shape index (κ1) is 21.7. The van der Waals surface area contributed by atoms with E-state index in [0.717, 1.165) is 6.07 Å². The number of rotatable bonds is 9. The summed E-state index contributed by atoms with van der Waals surface area (Å²) in [5.74, 6) is -0.659. The number of nitro groups is 1. The van der Waals surface area contributed by atoms with E-state index in [1.54, 1.807) is 6.08 Å². The van der Waals surface area contributed by atoms with Crippen molar-refractivity contribution in [3.8, 4) is 11.5 Å². The summed E-state index contributed by atoms with van der Waals surface area (Å²) < 4.78 is 15.5. The summed E-state index contributed by atoms with van der Waals surface area (Å²) in [6.45, 7) is 3.24. The lowest BCUT2D eigenvalue weighted by Crippen LogP contribution is -2.21. The molecule has 0 aromatic heterocycles. The second-order valence-corrected chi connectivity index (χ2v) is 5.92. The average Bonchev–Trinajstić information content (AvgIpc) is 2.71. The van der Waals surface area contributed by atoms with Crippen molar-refractivity contribution in [1.82, 2.24) is 0 Å². The van der Waals surface area contributed by atoms with Crippen molar-refractivity contribution in [1.29, 1.82) is 0 Å². The monoisotopic (exact) mass is 420 g/mol. The third-order valence-electron chi connectivity index (χ3n) is 3.53. The highest BCUT2D eigenvalue weighted by Gasteiger charge is 2.15. The molecule has 2 aromatic rings. The number of hydrogen-bond donors (Lipinski definition) is 1. The predicted molar refractivity (Wildman–Crippen MR) is 106 cm³/mol. The fourth-order valence-electron chi connectivity index (χ4n) is 2.18. The number of nitro benzene ring substituents is 1. The largest absolute Gasteiger partial charge is 0.493 e. The molecule has 0 bridgehead atoms. The van der Waals surface area contributed by atoms with Gasteiger partial charge in [0, 0.05) is 12.1 Å². The Bertz CT molecular complexity index is 946. The predicted octanol–water partition coefficient (Wildman–Crippen LogP) is 3.62. The molecule has 0 saturated heterocycles. The van der Waals surface area contributed by atoms with Crippen molar-refractivity contribution >= 4 is 34.9 Å². The number of amides is 1. The van der Waals surface area contributed by atoms with E-state index < -0.39 is 23.4 Å². The first-order valence-corrected chi connectivity index (χ1v) is 8.56. The van der Waals surface area contributed by atoms with Crippen molar-refractivity contribution in [2.45, 2.75) is 0 Å². The Morgan fingerprint density at radius 1 is 1.24 bits per heavy atom. The maximum Gasteiger partial charge on any atom is 0.338 e. The van der Waals surface area contributed by atoms with Crippen LogP contribution < -0.4 is 14.8 Å². The number of carbonyl (C=O) groups is 2. The van der Waals surface area contributed by atoms with E-state index >= 15 is 0 Å². The van der Waals surface area contributed by atoms with Crippen molar-refractivity contribution in [2.75, 3.05) is 25.6 Å². The number of nitrogens with one attached hydrogen (secondary N) is 1. The zero-order chi connectivity index (χ0) is 21.4. The molecule has 10 heteroatoms. The van der Waals surface area contributed by atoms with E-state index in [0.29, 0.717) is 11.5 Å². The van der Waals surface area contributed by atoms with Crippen molar-refractivity contribution in [3.63, 3.8) is 0 Å². The van der Waals surface area contributed by atoms with Gasteiger partial charge in [-0.1, -0.05) is 24.3 Å². The summed E-state index contributed by atoms with van der Waals surface area (Å²) >= 11 is 5.90. The number of anilines is 1. The molecule has 0 saturated carbocycles. The van der Waals surface area contributed by atoms with Crippen LogP contribution >= 0.6 is 11.6 Å². The number of carbonyl (C=O) groups excluding carboxylic acids is 2. The van der Waals surface area contributed by atoms with E-state index in [1.165, 1.54) is 37.4 Å². The van der Waals surface area contributed by atoms with Crippen LogP contribution in [-0.4, -0.2) is 37.1 Å². The van der Waals surface area contributed by atoms with Crippen LogP contribution in [-0.2, 0) is 9.53 Å². The molecule has 0 aliphatic carbocycles. The van der Waals surface area contributed by atoms with Crippen molar-refractivity contribution in [2.24, 2.45) is 0 Å². The number of benzene rings is 2. The quantitative estimate of drug-likeness (QED) is 0.285. The number of non-ortho nitro benzene ring substituents is 1. The fourth-order valence-corrected chi connectivity index (χ4v) is 2.40. The Balaban J connectivity index is 1.97. The van der Waals surface area contributed by atoms with Gasteiger partial charge in [0.1, 0.15) is 6.61 Å². The molecule has 1 N–H and O–H groups in total. The second-order valence-electron chi connectivity index (χ2n) is 5.51. The minimum atomic E-state index is -0.747. The summed E-state index contributed by atoms with van der Waals surface area (Å²) in [5.41, 5.74) is 0.103. The molecule has 29 heavy (non-hydrogen) atoms.